The van der Waals surface area contributed by atoms with Gasteiger partial charge in [-0.25, -0.2) is 0 Å². The molecule has 4 nitrogen and oxygen atoms in total. The Hall–Kier alpha value is -2.01. The van der Waals surface area contributed by atoms with Crippen LogP contribution in [-0.4, -0.2) is 5.91 Å². The van der Waals surface area contributed by atoms with Crippen molar-refractivity contribution in [3.8, 4) is 0 Å². The van der Waals surface area contributed by atoms with E-state index in [1.165, 1.54) is 0 Å². The molecule has 3 rings (SSSR count). The maximum absolute atomic E-state index is 11.4. The van der Waals surface area contributed by atoms with Gasteiger partial charge in [0.25, 0.3) is 0 Å². The lowest BCUT2D eigenvalue weighted by Gasteiger charge is -2.11. The highest BCUT2D eigenvalue weighted by molar-refractivity contribution is 9.10. The lowest BCUT2D eigenvalue weighted by molar-refractivity contribution is -0.115. The zero-order chi connectivity index (χ0) is 14.1. The average molecular weight is 332 g/mol. The van der Waals surface area contributed by atoms with E-state index < -0.39 is 0 Å². The Morgan fingerprint density at radius 2 is 2.15 bits per heavy atom. The Bertz CT molecular complexity index is 685. The first kappa shape index (κ1) is 13.0. The summed E-state index contributed by atoms with van der Waals surface area (Å²) in [6, 6.07) is 11.8. The lowest BCUT2D eigenvalue weighted by atomic mass is 10.1. The van der Waals surface area contributed by atoms with Gasteiger partial charge in [0.1, 0.15) is 0 Å². The van der Waals surface area contributed by atoms with Crippen molar-refractivity contribution in [1.82, 2.24) is 0 Å². The predicted molar refractivity (Wildman–Crippen MR) is 84.7 cm³/mol. The van der Waals surface area contributed by atoms with Crippen LogP contribution in [0.3, 0.4) is 0 Å². The molecule has 0 atom stereocenters. The van der Waals surface area contributed by atoms with E-state index in [4.69, 9.17) is 5.73 Å². The van der Waals surface area contributed by atoms with Crippen molar-refractivity contribution in [3.63, 3.8) is 0 Å². The number of hydrogen-bond acceptors (Lipinski definition) is 3. The van der Waals surface area contributed by atoms with Crippen LogP contribution in [0.2, 0.25) is 0 Å². The highest BCUT2D eigenvalue weighted by atomic mass is 79.9. The van der Waals surface area contributed by atoms with E-state index in [1.807, 2.05) is 30.3 Å². The van der Waals surface area contributed by atoms with Gasteiger partial charge in [-0.3, -0.25) is 4.79 Å². The lowest BCUT2D eigenvalue weighted by Crippen LogP contribution is -2.04. The standard InChI is InChI=1S/C15H14BrN3O/c16-11-3-1-2-9(4-11)8-18-14-7-13-10(5-12(14)17)6-15(20)19-13/h1-5,7,18H,6,8,17H2,(H,19,20). The van der Waals surface area contributed by atoms with Crippen LogP contribution >= 0.6 is 15.9 Å². The monoisotopic (exact) mass is 331 g/mol. The Kier molecular flexibility index (Phi) is 3.36. The Morgan fingerprint density at radius 1 is 1.30 bits per heavy atom. The van der Waals surface area contributed by atoms with Gasteiger partial charge in [-0.15, -0.1) is 0 Å². The Labute approximate surface area is 125 Å². The number of anilines is 3. The van der Waals surface area contributed by atoms with Gasteiger partial charge < -0.3 is 16.4 Å². The third-order valence-corrected chi connectivity index (χ3v) is 3.77. The van der Waals surface area contributed by atoms with Crippen molar-refractivity contribution in [2.24, 2.45) is 0 Å². The van der Waals surface area contributed by atoms with Crippen LogP contribution in [0, 0.1) is 0 Å². The van der Waals surface area contributed by atoms with Crippen LogP contribution in [0.25, 0.3) is 0 Å². The summed E-state index contributed by atoms with van der Waals surface area (Å²) in [5, 5.41) is 6.13. The third kappa shape index (κ3) is 2.63. The summed E-state index contributed by atoms with van der Waals surface area (Å²) in [5.74, 6) is 0.0172. The van der Waals surface area contributed by atoms with Crippen molar-refractivity contribution in [3.05, 3.63) is 52.0 Å². The molecule has 0 bridgehead atoms. The van der Waals surface area contributed by atoms with Crippen LogP contribution < -0.4 is 16.4 Å². The van der Waals surface area contributed by atoms with E-state index in [2.05, 4.69) is 32.6 Å². The van der Waals surface area contributed by atoms with E-state index in [-0.39, 0.29) is 5.91 Å². The van der Waals surface area contributed by atoms with Gasteiger partial charge in [-0.2, -0.15) is 0 Å². The SMILES string of the molecule is Nc1cc2c(cc1NCc1cccc(Br)c1)NC(=O)C2. The minimum atomic E-state index is 0.0172. The van der Waals surface area contributed by atoms with Gasteiger partial charge >= 0.3 is 0 Å². The highest BCUT2D eigenvalue weighted by Gasteiger charge is 2.19. The topological polar surface area (TPSA) is 67.2 Å². The van der Waals surface area contributed by atoms with Gasteiger partial charge in [-0.1, -0.05) is 28.1 Å². The second kappa shape index (κ2) is 5.17. The number of amides is 1. The number of carbonyl (C=O) groups excluding carboxylic acids is 1. The molecule has 0 spiro atoms. The summed E-state index contributed by atoms with van der Waals surface area (Å²) in [4.78, 5) is 11.4. The molecule has 0 unspecified atom stereocenters. The van der Waals surface area contributed by atoms with E-state index in [0.717, 1.165) is 27.0 Å². The molecule has 1 heterocycles. The second-order valence-electron chi connectivity index (χ2n) is 4.81. The molecule has 20 heavy (non-hydrogen) atoms. The molecule has 2 aromatic carbocycles. The Morgan fingerprint density at radius 3 is 2.95 bits per heavy atom. The fourth-order valence-corrected chi connectivity index (χ4v) is 2.74. The van der Waals surface area contributed by atoms with Crippen LogP contribution in [0.15, 0.2) is 40.9 Å². The maximum Gasteiger partial charge on any atom is 0.228 e. The molecule has 5 heteroatoms. The number of hydrogen-bond donors (Lipinski definition) is 3. The first-order valence-corrected chi connectivity index (χ1v) is 7.12. The van der Waals surface area contributed by atoms with Gasteiger partial charge in [-0.05, 0) is 35.4 Å². The molecule has 1 aliphatic rings. The van der Waals surface area contributed by atoms with Crippen molar-refractivity contribution in [1.29, 1.82) is 0 Å². The second-order valence-corrected chi connectivity index (χ2v) is 5.72. The number of nitrogens with one attached hydrogen (secondary N) is 2. The number of benzene rings is 2. The molecule has 0 radical (unpaired) electrons. The Balaban J connectivity index is 1.78. The molecule has 1 aliphatic heterocycles. The van der Waals surface area contributed by atoms with Crippen molar-refractivity contribution < 1.29 is 4.79 Å². The largest absolute Gasteiger partial charge is 0.397 e. The first-order chi connectivity index (χ1) is 9.61. The van der Waals surface area contributed by atoms with Crippen molar-refractivity contribution >= 4 is 38.9 Å². The van der Waals surface area contributed by atoms with E-state index in [1.54, 1.807) is 0 Å². The van der Waals surface area contributed by atoms with Gasteiger partial charge in [0.15, 0.2) is 0 Å². The number of rotatable bonds is 3. The molecule has 0 fully saturated rings. The number of fused-ring (bicyclic) bond motifs is 1. The summed E-state index contributed by atoms with van der Waals surface area (Å²) < 4.78 is 1.05. The van der Waals surface area contributed by atoms with Crippen LogP contribution in [-0.2, 0) is 17.8 Å². The molecule has 0 aliphatic carbocycles. The summed E-state index contributed by atoms with van der Waals surface area (Å²) in [7, 11) is 0. The summed E-state index contributed by atoms with van der Waals surface area (Å²) >= 11 is 3.45. The smallest absolute Gasteiger partial charge is 0.228 e. The molecule has 0 saturated heterocycles. The van der Waals surface area contributed by atoms with Gasteiger partial charge in [0, 0.05) is 16.7 Å². The molecule has 102 valence electrons. The fraction of sp³-hybridized carbons (Fsp3) is 0.133. The first-order valence-electron chi connectivity index (χ1n) is 6.32. The average Bonchev–Trinajstić information content (AvgIpc) is 2.75. The van der Waals surface area contributed by atoms with E-state index >= 15 is 0 Å². The predicted octanol–water partition coefficient (Wildman–Crippen LogP) is 3.14. The maximum atomic E-state index is 11.4. The zero-order valence-corrected chi connectivity index (χ0v) is 12.3. The molecule has 4 N–H and O–H groups in total. The van der Waals surface area contributed by atoms with Crippen LogP contribution in [0.4, 0.5) is 17.1 Å². The molecular formula is C15H14BrN3O. The minimum Gasteiger partial charge on any atom is -0.397 e. The minimum absolute atomic E-state index is 0.0172. The zero-order valence-electron chi connectivity index (χ0n) is 10.7. The normalized spacial score (nSPS) is 12.9. The molecule has 2 aromatic rings. The molecular weight excluding hydrogens is 318 g/mol. The fourth-order valence-electron chi connectivity index (χ4n) is 2.29. The van der Waals surface area contributed by atoms with Crippen molar-refractivity contribution in [2.45, 2.75) is 13.0 Å². The summed E-state index contributed by atoms with van der Waals surface area (Å²) in [6.45, 7) is 0.677. The van der Waals surface area contributed by atoms with Gasteiger partial charge in [0.2, 0.25) is 5.91 Å². The molecule has 0 aromatic heterocycles. The van der Waals surface area contributed by atoms with Crippen LogP contribution in [0.5, 0.6) is 0 Å². The number of halogens is 1. The number of nitrogen functional groups attached to an aromatic ring is 1. The molecule has 1 amide bonds. The van der Waals surface area contributed by atoms with E-state index in [9.17, 15) is 4.79 Å². The third-order valence-electron chi connectivity index (χ3n) is 3.27. The number of carbonyl (C=O) groups is 1. The van der Waals surface area contributed by atoms with Gasteiger partial charge in [0.05, 0.1) is 17.8 Å². The van der Waals surface area contributed by atoms with E-state index in [0.29, 0.717) is 18.7 Å². The summed E-state index contributed by atoms with van der Waals surface area (Å²) in [5.41, 5.74) is 10.5. The molecule has 0 saturated carbocycles. The van der Waals surface area contributed by atoms with Crippen molar-refractivity contribution in [2.75, 3.05) is 16.4 Å². The highest BCUT2D eigenvalue weighted by Crippen LogP contribution is 2.31. The quantitative estimate of drug-likeness (QED) is 0.757. The number of nitrogens with two attached hydrogens (primary N) is 1. The van der Waals surface area contributed by atoms with Crippen LogP contribution in [0.1, 0.15) is 11.1 Å². The summed E-state index contributed by atoms with van der Waals surface area (Å²) in [6.07, 6.45) is 0.408.